The van der Waals surface area contributed by atoms with Gasteiger partial charge in [-0.2, -0.15) is 5.10 Å². The lowest BCUT2D eigenvalue weighted by Crippen LogP contribution is -2.53. The molecule has 3 rings (SSSR count). The number of aromatic nitrogens is 2. The lowest BCUT2D eigenvalue weighted by molar-refractivity contribution is -0.140. The molecule has 1 atom stereocenters. The van der Waals surface area contributed by atoms with Gasteiger partial charge in [0.15, 0.2) is 0 Å². The topological polar surface area (TPSA) is 58.4 Å². The Morgan fingerprint density at radius 2 is 2.00 bits per heavy atom. The third kappa shape index (κ3) is 3.18. The number of amides is 2. The van der Waals surface area contributed by atoms with Crippen molar-refractivity contribution in [3.63, 3.8) is 0 Å². The molecule has 1 fully saturated rings. The van der Waals surface area contributed by atoms with Crippen molar-refractivity contribution in [2.24, 2.45) is 0 Å². The van der Waals surface area contributed by atoms with Gasteiger partial charge in [-0.05, 0) is 31.5 Å². The Kier molecular flexibility index (Phi) is 4.64. The first-order valence-corrected chi connectivity index (χ1v) is 8.25. The van der Waals surface area contributed by atoms with Crippen LogP contribution in [0.25, 0.3) is 0 Å². The van der Waals surface area contributed by atoms with Crippen molar-refractivity contribution in [2.45, 2.75) is 26.3 Å². The zero-order valence-electron chi connectivity index (χ0n) is 14.1. The third-order valence-corrected chi connectivity index (χ3v) is 4.39. The Hall–Kier alpha value is -2.63. The number of carbonyl (C=O) groups is 2. The second kappa shape index (κ2) is 6.86. The first-order valence-electron chi connectivity index (χ1n) is 8.25. The Morgan fingerprint density at radius 1 is 1.25 bits per heavy atom. The van der Waals surface area contributed by atoms with Gasteiger partial charge < -0.3 is 9.80 Å². The zero-order chi connectivity index (χ0) is 17.1. The van der Waals surface area contributed by atoms with Crippen LogP contribution in [0.4, 0.5) is 5.69 Å². The van der Waals surface area contributed by atoms with Gasteiger partial charge in [-0.15, -0.1) is 0 Å². The molecule has 126 valence electrons. The molecule has 6 nitrogen and oxygen atoms in total. The van der Waals surface area contributed by atoms with Crippen LogP contribution in [0.3, 0.4) is 0 Å². The molecule has 6 heteroatoms. The van der Waals surface area contributed by atoms with Crippen molar-refractivity contribution in [1.82, 2.24) is 14.7 Å². The smallest absolute Gasteiger partial charge is 0.247 e. The van der Waals surface area contributed by atoms with E-state index < -0.39 is 0 Å². The molecular weight excluding hydrogens is 304 g/mol. The maximum atomic E-state index is 12.8. The molecular formula is C18H22N4O2. The molecule has 2 heterocycles. The van der Waals surface area contributed by atoms with Crippen LogP contribution in [-0.4, -0.2) is 46.1 Å². The monoisotopic (exact) mass is 326 g/mol. The van der Waals surface area contributed by atoms with Gasteiger partial charge in [-0.1, -0.05) is 24.6 Å². The van der Waals surface area contributed by atoms with Crippen molar-refractivity contribution in [1.29, 1.82) is 0 Å². The molecule has 1 aromatic carbocycles. The number of nitrogens with zero attached hydrogens (tertiary/aromatic N) is 4. The minimum atomic E-state index is -0.348. The van der Waals surface area contributed by atoms with Crippen molar-refractivity contribution in [2.75, 3.05) is 24.5 Å². The fourth-order valence-corrected chi connectivity index (χ4v) is 3.01. The van der Waals surface area contributed by atoms with Crippen LogP contribution < -0.4 is 4.90 Å². The maximum absolute atomic E-state index is 12.8. The molecule has 0 unspecified atom stereocenters. The van der Waals surface area contributed by atoms with E-state index in [9.17, 15) is 9.59 Å². The molecule has 2 aromatic rings. The van der Waals surface area contributed by atoms with Gasteiger partial charge in [0.1, 0.15) is 12.6 Å². The summed E-state index contributed by atoms with van der Waals surface area (Å²) >= 11 is 0. The third-order valence-electron chi connectivity index (χ3n) is 4.39. The lowest BCUT2D eigenvalue weighted by atomic mass is 10.1. The molecule has 2 amide bonds. The molecule has 0 aliphatic carbocycles. The summed E-state index contributed by atoms with van der Waals surface area (Å²) in [6.07, 6.45) is 4.10. The molecule has 1 aliphatic heterocycles. The quantitative estimate of drug-likeness (QED) is 0.864. The Labute approximate surface area is 141 Å². The number of rotatable bonds is 4. The van der Waals surface area contributed by atoms with Crippen LogP contribution >= 0.6 is 0 Å². The highest BCUT2D eigenvalue weighted by Gasteiger charge is 2.32. The highest BCUT2D eigenvalue weighted by molar-refractivity contribution is 5.98. The largest absolute Gasteiger partial charge is 0.330 e. The fraction of sp³-hybridized carbons (Fsp3) is 0.389. The summed E-state index contributed by atoms with van der Waals surface area (Å²) in [6, 6.07) is 9.33. The van der Waals surface area contributed by atoms with Crippen LogP contribution in [0.1, 0.15) is 24.9 Å². The number of carbonyl (C=O) groups excluding carboxylic acids is 2. The number of benzene rings is 1. The second-order valence-electron chi connectivity index (χ2n) is 6.05. The van der Waals surface area contributed by atoms with Gasteiger partial charge in [-0.3, -0.25) is 14.3 Å². The van der Waals surface area contributed by atoms with Gasteiger partial charge in [0.25, 0.3) is 0 Å². The Balaban J connectivity index is 1.69. The van der Waals surface area contributed by atoms with E-state index in [0.717, 1.165) is 11.3 Å². The summed E-state index contributed by atoms with van der Waals surface area (Å²) < 4.78 is 1.67. The molecule has 0 saturated carbocycles. The lowest BCUT2D eigenvalue weighted by Gasteiger charge is -2.36. The zero-order valence-corrected chi connectivity index (χ0v) is 14.1. The van der Waals surface area contributed by atoms with E-state index in [4.69, 9.17) is 0 Å². The maximum Gasteiger partial charge on any atom is 0.247 e. The van der Waals surface area contributed by atoms with E-state index in [2.05, 4.69) is 5.10 Å². The molecule has 1 aromatic heterocycles. The summed E-state index contributed by atoms with van der Waals surface area (Å²) in [6.45, 7) is 5.14. The van der Waals surface area contributed by atoms with Crippen molar-refractivity contribution < 1.29 is 9.59 Å². The molecule has 0 bridgehead atoms. The molecule has 0 radical (unpaired) electrons. The SMILES string of the molecule is CC[C@H](C(=O)N1CCN(c2ccc(C)cc2)C(=O)C1)n1cccn1. The van der Waals surface area contributed by atoms with Crippen LogP contribution in [-0.2, 0) is 9.59 Å². The normalized spacial score (nSPS) is 16.3. The van der Waals surface area contributed by atoms with Gasteiger partial charge in [0, 0.05) is 31.2 Å². The Morgan fingerprint density at radius 3 is 2.58 bits per heavy atom. The number of anilines is 1. The molecule has 1 aliphatic rings. The summed E-state index contributed by atoms with van der Waals surface area (Å²) in [7, 11) is 0. The average molecular weight is 326 g/mol. The van der Waals surface area contributed by atoms with Crippen LogP contribution in [0.15, 0.2) is 42.7 Å². The van der Waals surface area contributed by atoms with E-state index >= 15 is 0 Å². The van der Waals surface area contributed by atoms with Gasteiger partial charge >= 0.3 is 0 Å². The first kappa shape index (κ1) is 16.2. The minimum absolute atomic E-state index is 0.0434. The number of aryl methyl sites for hydroxylation is 1. The second-order valence-corrected chi connectivity index (χ2v) is 6.05. The van der Waals surface area contributed by atoms with Crippen molar-refractivity contribution in [3.8, 4) is 0 Å². The summed E-state index contributed by atoms with van der Waals surface area (Å²) in [5, 5.41) is 4.17. The minimum Gasteiger partial charge on any atom is -0.330 e. The standard InChI is InChI=1S/C18H22N4O2/c1-3-16(22-10-4-9-19-22)18(24)20-11-12-21(17(23)13-20)15-7-5-14(2)6-8-15/h4-10,16H,3,11-13H2,1-2H3/t16-/m1/s1. The van der Waals surface area contributed by atoms with Crippen molar-refractivity contribution >= 4 is 17.5 Å². The van der Waals surface area contributed by atoms with Gasteiger partial charge in [0.2, 0.25) is 11.8 Å². The number of piperazine rings is 1. The molecule has 1 saturated heterocycles. The summed E-state index contributed by atoms with van der Waals surface area (Å²) in [5.41, 5.74) is 2.04. The van der Waals surface area contributed by atoms with E-state index in [1.165, 1.54) is 0 Å². The molecule has 0 N–H and O–H groups in total. The molecule has 0 spiro atoms. The molecule has 24 heavy (non-hydrogen) atoms. The van der Waals surface area contributed by atoms with E-state index in [1.807, 2.05) is 38.1 Å². The summed E-state index contributed by atoms with van der Waals surface area (Å²) in [4.78, 5) is 28.6. The van der Waals surface area contributed by atoms with Crippen LogP contribution in [0.5, 0.6) is 0 Å². The van der Waals surface area contributed by atoms with Crippen molar-refractivity contribution in [3.05, 3.63) is 48.3 Å². The highest BCUT2D eigenvalue weighted by atomic mass is 16.2. The predicted molar refractivity (Wildman–Crippen MR) is 91.7 cm³/mol. The van der Waals surface area contributed by atoms with E-state index in [0.29, 0.717) is 19.5 Å². The van der Waals surface area contributed by atoms with Gasteiger partial charge in [-0.25, -0.2) is 0 Å². The van der Waals surface area contributed by atoms with Crippen LogP contribution in [0.2, 0.25) is 0 Å². The Bertz CT molecular complexity index is 709. The van der Waals surface area contributed by atoms with E-state index in [1.54, 1.807) is 32.9 Å². The van der Waals surface area contributed by atoms with Gasteiger partial charge in [0.05, 0.1) is 0 Å². The summed E-state index contributed by atoms with van der Waals surface area (Å²) in [5.74, 6) is -0.0909. The first-order chi connectivity index (χ1) is 11.6. The number of hydrogen-bond acceptors (Lipinski definition) is 3. The number of hydrogen-bond donors (Lipinski definition) is 0. The average Bonchev–Trinajstić information content (AvgIpc) is 3.10. The predicted octanol–water partition coefficient (Wildman–Crippen LogP) is 2.02. The highest BCUT2D eigenvalue weighted by Crippen LogP contribution is 2.20. The van der Waals surface area contributed by atoms with E-state index in [-0.39, 0.29) is 24.4 Å². The fourth-order valence-electron chi connectivity index (χ4n) is 3.01. The van der Waals surface area contributed by atoms with Crippen LogP contribution in [0, 0.1) is 6.92 Å².